The van der Waals surface area contributed by atoms with Crippen LogP contribution in [0.15, 0.2) is 24.3 Å². The minimum absolute atomic E-state index is 0.199. The van der Waals surface area contributed by atoms with Gasteiger partial charge in [-0.2, -0.15) is 0 Å². The highest BCUT2D eigenvalue weighted by atomic mass is 16.5. The molecule has 0 aromatic heterocycles. The van der Waals surface area contributed by atoms with E-state index in [4.69, 9.17) is 14.2 Å². The van der Waals surface area contributed by atoms with Crippen LogP contribution >= 0.6 is 0 Å². The van der Waals surface area contributed by atoms with Gasteiger partial charge in [-0.25, -0.2) is 0 Å². The van der Waals surface area contributed by atoms with Gasteiger partial charge in [-0.1, -0.05) is 18.2 Å². The molecule has 0 saturated carbocycles. The fourth-order valence-electron chi connectivity index (χ4n) is 1.79. The van der Waals surface area contributed by atoms with Crippen LogP contribution in [-0.2, 0) is 16.0 Å². The lowest BCUT2D eigenvalue weighted by Gasteiger charge is -2.14. The summed E-state index contributed by atoms with van der Waals surface area (Å²) in [7, 11) is 1.68. The number of rotatable bonds is 11. The molecule has 0 fully saturated rings. The number of nitrogens with one attached hydrogen (secondary N) is 1. The Bertz CT molecular complexity index is 355. The molecule has 0 spiro atoms. The zero-order valence-electron chi connectivity index (χ0n) is 12.9. The lowest BCUT2D eigenvalue weighted by atomic mass is 10.2. The predicted octanol–water partition coefficient (Wildman–Crippen LogP) is 2.62. The molecule has 0 unspecified atom stereocenters. The summed E-state index contributed by atoms with van der Waals surface area (Å²) in [4.78, 5) is 0. The topological polar surface area (TPSA) is 39.7 Å². The number of hydrogen-bond acceptors (Lipinski definition) is 4. The monoisotopic (exact) mass is 281 g/mol. The molecule has 0 heterocycles. The minimum Gasteiger partial charge on any atom is -0.491 e. The minimum atomic E-state index is 0.199. The van der Waals surface area contributed by atoms with Crippen molar-refractivity contribution in [2.24, 2.45) is 0 Å². The Hall–Kier alpha value is -1.10. The standard InChI is InChI=1S/C16H27NO3/c1-14(2)20-16-8-5-4-7-15(16)13-17-9-6-10-19-12-11-18-3/h4-5,7-8,14,17H,6,9-13H2,1-3H3. The van der Waals surface area contributed by atoms with Gasteiger partial charge in [0.25, 0.3) is 0 Å². The van der Waals surface area contributed by atoms with E-state index >= 15 is 0 Å². The van der Waals surface area contributed by atoms with Crippen molar-refractivity contribution in [1.29, 1.82) is 0 Å². The summed E-state index contributed by atoms with van der Waals surface area (Å²) in [5.74, 6) is 0.964. The summed E-state index contributed by atoms with van der Waals surface area (Å²) in [5.41, 5.74) is 1.20. The van der Waals surface area contributed by atoms with Crippen molar-refractivity contribution in [1.82, 2.24) is 5.32 Å². The van der Waals surface area contributed by atoms with Gasteiger partial charge in [0.15, 0.2) is 0 Å². The maximum Gasteiger partial charge on any atom is 0.124 e. The first-order valence-electron chi connectivity index (χ1n) is 7.26. The zero-order chi connectivity index (χ0) is 14.6. The molecule has 4 heteroatoms. The van der Waals surface area contributed by atoms with Gasteiger partial charge >= 0.3 is 0 Å². The molecule has 4 nitrogen and oxygen atoms in total. The molecule has 0 saturated heterocycles. The Labute approximate surface area is 122 Å². The van der Waals surface area contributed by atoms with Crippen molar-refractivity contribution in [3.63, 3.8) is 0 Å². The quantitative estimate of drug-likeness (QED) is 0.633. The van der Waals surface area contributed by atoms with Crippen LogP contribution in [0.2, 0.25) is 0 Å². The number of ether oxygens (including phenoxy) is 3. The van der Waals surface area contributed by atoms with E-state index in [1.165, 1.54) is 5.56 Å². The molecule has 0 bridgehead atoms. The zero-order valence-corrected chi connectivity index (χ0v) is 12.9. The van der Waals surface area contributed by atoms with Gasteiger partial charge in [0, 0.05) is 25.8 Å². The molecule has 0 amide bonds. The Morgan fingerprint density at radius 2 is 1.90 bits per heavy atom. The van der Waals surface area contributed by atoms with E-state index in [1.807, 2.05) is 32.0 Å². The van der Waals surface area contributed by atoms with Crippen LogP contribution in [0.25, 0.3) is 0 Å². The highest BCUT2D eigenvalue weighted by Gasteiger charge is 2.04. The van der Waals surface area contributed by atoms with E-state index in [-0.39, 0.29) is 6.10 Å². The van der Waals surface area contributed by atoms with E-state index < -0.39 is 0 Å². The SMILES string of the molecule is COCCOCCCNCc1ccccc1OC(C)C. The summed E-state index contributed by atoms with van der Waals surface area (Å²) >= 11 is 0. The Balaban J connectivity index is 2.18. The summed E-state index contributed by atoms with van der Waals surface area (Å²) in [5, 5.41) is 3.41. The molecular weight excluding hydrogens is 254 g/mol. The van der Waals surface area contributed by atoms with Crippen LogP contribution in [-0.4, -0.2) is 39.6 Å². The maximum atomic E-state index is 5.79. The lowest BCUT2D eigenvalue weighted by molar-refractivity contribution is 0.0694. The molecule has 1 N–H and O–H groups in total. The smallest absolute Gasteiger partial charge is 0.124 e. The van der Waals surface area contributed by atoms with Crippen LogP contribution in [0.3, 0.4) is 0 Å². The van der Waals surface area contributed by atoms with Crippen molar-refractivity contribution in [3.05, 3.63) is 29.8 Å². The fraction of sp³-hybridized carbons (Fsp3) is 0.625. The summed E-state index contributed by atoms with van der Waals surface area (Å²) < 4.78 is 16.1. The Morgan fingerprint density at radius 3 is 2.65 bits per heavy atom. The fourth-order valence-corrected chi connectivity index (χ4v) is 1.79. The molecule has 1 aromatic carbocycles. The number of benzene rings is 1. The van der Waals surface area contributed by atoms with E-state index in [0.29, 0.717) is 13.2 Å². The lowest BCUT2D eigenvalue weighted by Crippen LogP contribution is -2.18. The third-order valence-corrected chi connectivity index (χ3v) is 2.72. The van der Waals surface area contributed by atoms with Gasteiger partial charge in [0.1, 0.15) is 5.75 Å². The highest BCUT2D eigenvalue weighted by molar-refractivity contribution is 5.33. The number of methoxy groups -OCH3 is 1. The first-order valence-corrected chi connectivity index (χ1v) is 7.26. The van der Waals surface area contributed by atoms with Gasteiger partial charge in [0.05, 0.1) is 19.3 Å². The van der Waals surface area contributed by atoms with Crippen molar-refractivity contribution < 1.29 is 14.2 Å². The summed E-state index contributed by atoms with van der Waals surface area (Å²) in [6.07, 6.45) is 1.20. The van der Waals surface area contributed by atoms with Crippen molar-refractivity contribution in [2.75, 3.05) is 33.5 Å². The van der Waals surface area contributed by atoms with Crippen LogP contribution in [0.5, 0.6) is 5.75 Å². The van der Waals surface area contributed by atoms with Crippen molar-refractivity contribution in [3.8, 4) is 5.75 Å². The van der Waals surface area contributed by atoms with E-state index in [0.717, 1.165) is 31.9 Å². The second-order valence-corrected chi connectivity index (χ2v) is 4.91. The first kappa shape index (κ1) is 17.0. The Kier molecular flexibility index (Phi) is 9.04. The second kappa shape index (κ2) is 10.7. The van der Waals surface area contributed by atoms with Crippen LogP contribution in [0.4, 0.5) is 0 Å². The van der Waals surface area contributed by atoms with Crippen LogP contribution in [0, 0.1) is 0 Å². The predicted molar refractivity (Wildman–Crippen MR) is 81.2 cm³/mol. The average molecular weight is 281 g/mol. The molecule has 114 valence electrons. The van der Waals surface area contributed by atoms with E-state index in [2.05, 4.69) is 11.4 Å². The molecule has 0 atom stereocenters. The highest BCUT2D eigenvalue weighted by Crippen LogP contribution is 2.18. The largest absolute Gasteiger partial charge is 0.491 e. The van der Waals surface area contributed by atoms with Gasteiger partial charge in [-0.15, -0.1) is 0 Å². The number of hydrogen-bond donors (Lipinski definition) is 1. The molecule has 0 aliphatic carbocycles. The van der Waals surface area contributed by atoms with Gasteiger partial charge in [-0.3, -0.25) is 0 Å². The molecule has 1 rings (SSSR count). The molecular formula is C16H27NO3. The van der Waals surface area contributed by atoms with E-state index in [9.17, 15) is 0 Å². The normalized spacial score (nSPS) is 11.0. The van der Waals surface area contributed by atoms with E-state index in [1.54, 1.807) is 7.11 Å². The molecule has 1 aromatic rings. The third kappa shape index (κ3) is 7.48. The van der Waals surface area contributed by atoms with Crippen LogP contribution < -0.4 is 10.1 Å². The number of para-hydroxylation sites is 1. The average Bonchev–Trinajstić information content (AvgIpc) is 2.43. The van der Waals surface area contributed by atoms with Crippen LogP contribution in [0.1, 0.15) is 25.8 Å². The molecule has 20 heavy (non-hydrogen) atoms. The van der Waals surface area contributed by atoms with Crippen molar-refractivity contribution in [2.45, 2.75) is 32.9 Å². The third-order valence-electron chi connectivity index (χ3n) is 2.72. The molecule has 0 aliphatic heterocycles. The van der Waals surface area contributed by atoms with Gasteiger partial charge in [0.2, 0.25) is 0 Å². The van der Waals surface area contributed by atoms with Gasteiger partial charge < -0.3 is 19.5 Å². The molecule has 0 radical (unpaired) electrons. The van der Waals surface area contributed by atoms with Crippen molar-refractivity contribution >= 4 is 0 Å². The second-order valence-electron chi connectivity index (χ2n) is 4.91. The maximum absolute atomic E-state index is 5.79. The summed E-state index contributed by atoms with van der Waals surface area (Å²) in [6, 6.07) is 8.16. The first-order chi connectivity index (χ1) is 9.74. The Morgan fingerprint density at radius 1 is 1.10 bits per heavy atom. The molecule has 0 aliphatic rings. The summed E-state index contributed by atoms with van der Waals surface area (Å²) in [6.45, 7) is 7.93. The van der Waals surface area contributed by atoms with Gasteiger partial charge in [-0.05, 0) is 32.9 Å².